The topological polar surface area (TPSA) is 160 Å². The summed E-state index contributed by atoms with van der Waals surface area (Å²) in [5, 5.41) is 15.4. The lowest BCUT2D eigenvalue weighted by Crippen LogP contribution is -2.49. The number of nitrogens with one attached hydrogen (secondary N) is 3. The Morgan fingerprint density at radius 2 is 1.34 bits per heavy atom. The number of hydrogen-bond donors (Lipinski definition) is 4. The van der Waals surface area contributed by atoms with Crippen LogP contribution in [0.5, 0.6) is 0 Å². The molecule has 0 aliphatic rings. The summed E-state index contributed by atoms with van der Waals surface area (Å²) in [7, 11) is 0. The highest BCUT2D eigenvalue weighted by Gasteiger charge is 2.23. The minimum absolute atomic E-state index is 0.0300. The van der Waals surface area contributed by atoms with Gasteiger partial charge in [0.15, 0.2) is 0 Å². The van der Waals surface area contributed by atoms with Gasteiger partial charge in [-0.1, -0.05) is 60.7 Å². The fourth-order valence-electron chi connectivity index (χ4n) is 2.78. The first-order chi connectivity index (χ1) is 16.8. The Kier molecular flexibility index (Phi) is 11.3. The largest absolute Gasteiger partial charge is 0.480 e. The van der Waals surface area contributed by atoms with Gasteiger partial charge >= 0.3 is 18.0 Å². The van der Waals surface area contributed by atoms with Crippen LogP contribution in [0.1, 0.15) is 24.0 Å². The van der Waals surface area contributed by atoms with Crippen molar-refractivity contribution in [1.29, 1.82) is 0 Å². The van der Waals surface area contributed by atoms with Crippen LogP contribution in [0.4, 0.5) is 4.79 Å². The summed E-state index contributed by atoms with van der Waals surface area (Å²) in [6.45, 7) is -1.08. The van der Waals surface area contributed by atoms with Crippen molar-refractivity contribution in [3.63, 3.8) is 0 Å². The van der Waals surface area contributed by atoms with Gasteiger partial charge in [0.1, 0.15) is 25.8 Å². The van der Waals surface area contributed by atoms with Gasteiger partial charge in [0.2, 0.25) is 11.8 Å². The van der Waals surface area contributed by atoms with Crippen molar-refractivity contribution >= 4 is 29.8 Å². The third kappa shape index (κ3) is 11.3. The molecule has 1 atom stereocenters. The molecule has 0 saturated heterocycles. The van der Waals surface area contributed by atoms with Crippen LogP contribution in [0.15, 0.2) is 60.7 Å². The second kappa shape index (κ2) is 14.7. The summed E-state index contributed by atoms with van der Waals surface area (Å²) < 4.78 is 10.3. The number of esters is 1. The smallest absolute Gasteiger partial charge is 0.408 e. The molecular weight excluding hydrogens is 458 g/mol. The molecule has 0 aliphatic carbocycles. The molecule has 0 saturated carbocycles. The molecule has 11 heteroatoms. The Balaban J connectivity index is 1.88. The molecule has 2 rings (SSSR count). The van der Waals surface area contributed by atoms with E-state index >= 15 is 0 Å². The van der Waals surface area contributed by atoms with E-state index in [4.69, 9.17) is 14.6 Å². The third-order valence-corrected chi connectivity index (χ3v) is 4.56. The number of aliphatic carboxylic acids is 1. The minimum atomic E-state index is -1.24. The van der Waals surface area contributed by atoms with Crippen LogP contribution < -0.4 is 16.0 Å². The van der Waals surface area contributed by atoms with E-state index < -0.39 is 49.0 Å². The van der Waals surface area contributed by atoms with E-state index in [1.54, 1.807) is 48.5 Å². The predicted molar refractivity (Wildman–Crippen MR) is 123 cm³/mol. The maximum absolute atomic E-state index is 12.6. The van der Waals surface area contributed by atoms with Gasteiger partial charge in [-0.05, 0) is 17.5 Å². The second-order valence-electron chi connectivity index (χ2n) is 7.33. The Hall–Kier alpha value is -4.41. The lowest BCUT2D eigenvalue weighted by molar-refractivity contribution is -0.145. The summed E-state index contributed by atoms with van der Waals surface area (Å²) in [4.78, 5) is 59.1. The van der Waals surface area contributed by atoms with Crippen molar-refractivity contribution < 1.29 is 38.6 Å². The number of carboxylic acids is 1. The molecule has 0 aromatic heterocycles. The van der Waals surface area contributed by atoms with Crippen LogP contribution in [-0.2, 0) is 41.9 Å². The van der Waals surface area contributed by atoms with Crippen molar-refractivity contribution in [2.75, 3.05) is 13.1 Å². The molecule has 11 nitrogen and oxygen atoms in total. The standard InChI is InChI=1S/C24H27N3O8/c28-20(25-14-21(29)30)13-26-23(32)19(27-24(33)35-16-18-9-5-2-6-10-18)11-12-22(31)34-15-17-7-3-1-4-8-17/h1-10,19H,11-16H2,(H,25,28)(H,26,32)(H,27,33)(H,29,30). The molecule has 186 valence electrons. The molecule has 2 aromatic rings. The van der Waals surface area contributed by atoms with E-state index in [9.17, 15) is 24.0 Å². The first-order valence-corrected chi connectivity index (χ1v) is 10.8. The molecule has 0 spiro atoms. The van der Waals surface area contributed by atoms with Gasteiger partial charge in [0.05, 0.1) is 6.54 Å². The Morgan fingerprint density at radius 1 is 0.771 bits per heavy atom. The van der Waals surface area contributed by atoms with Crippen molar-refractivity contribution in [1.82, 2.24) is 16.0 Å². The number of amides is 3. The molecule has 2 aromatic carbocycles. The summed E-state index contributed by atoms with van der Waals surface area (Å²) in [6.07, 6.45) is -1.19. The monoisotopic (exact) mass is 485 g/mol. The molecule has 0 fully saturated rings. The zero-order valence-corrected chi connectivity index (χ0v) is 18.9. The van der Waals surface area contributed by atoms with Crippen molar-refractivity contribution in [3.8, 4) is 0 Å². The molecule has 0 heterocycles. The van der Waals surface area contributed by atoms with Gasteiger partial charge in [0, 0.05) is 6.42 Å². The van der Waals surface area contributed by atoms with E-state index in [-0.39, 0.29) is 26.1 Å². The van der Waals surface area contributed by atoms with Gasteiger partial charge in [-0.2, -0.15) is 0 Å². The number of rotatable bonds is 13. The van der Waals surface area contributed by atoms with Crippen LogP contribution in [0, 0.1) is 0 Å². The normalized spacial score (nSPS) is 11.0. The zero-order chi connectivity index (χ0) is 25.5. The molecule has 0 aliphatic heterocycles. The van der Waals surface area contributed by atoms with Gasteiger partial charge in [-0.25, -0.2) is 4.79 Å². The van der Waals surface area contributed by atoms with Crippen molar-refractivity contribution in [3.05, 3.63) is 71.8 Å². The average Bonchev–Trinajstić information content (AvgIpc) is 2.87. The number of carbonyl (C=O) groups excluding carboxylic acids is 4. The number of alkyl carbamates (subject to hydrolysis) is 1. The molecule has 35 heavy (non-hydrogen) atoms. The summed E-state index contributed by atoms with van der Waals surface area (Å²) in [5.41, 5.74) is 1.54. The number of hydrogen-bond acceptors (Lipinski definition) is 7. The number of carbonyl (C=O) groups is 5. The molecule has 0 radical (unpaired) electrons. The molecule has 1 unspecified atom stereocenters. The van der Waals surface area contributed by atoms with Gasteiger partial charge < -0.3 is 30.5 Å². The lowest BCUT2D eigenvalue weighted by atomic mass is 10.1. The summed E-state index contributed by atoms with van der Waals surface area (Å²) in [6, 6.07) is 16.7. The van der Waals surface area contributed by atoms with E-state index in [1.807, 2.05) is 12.1 Å². The van der Waals surface area contributed by atoms with Crippen LogP contribution in [0.2, 0.25) is 0 Å². The molecule has 4 N–H and O–H groups in total. The molecular formula is C24H27N3O8. The van der Waals surface area contributed by atoms with Crippen LogP contribution in [0.3, 0.4) is 0 Å². The SMILES string of the molecule is O=C(O)CNC(=O)CNC(=O)C(CCC(=O)OCc1ccccc1)NC(=O)OCc1ccccc1. The van der Waals surface area contributed by atoms with Gasteiger partial charge in [-0.3, -0.25) is 19.2 Å². The predicted octanol–water partition coefficient (Wildman–Crippen LogP) is 1.12. The molecule has 3 amide bonds. The highest BCUT2D eigenvalue weighted by atomic mass is 16.5. The second-order valence-corrected chi connectivity index (χ2v) is 7.33. The maximum Gasteiger partial charge on any atom is 0.408 e. The third-order valence-electron chi connectivity index (χ3n) is 4.56. The lowest BCUT2D eigenvalue weighted by Gasteiger charge is -2.18. The highest BCUT2D eigenvalue weighted by Crippen LogP contribution is 2.06. The number of carboxylic acid groups (broad SMARTS) is 1. The van der Waals surface area contributed by atoms with E-state index in [0.29, 0.717) is 0 Å². The van der Waals surface area contributed by atoms with E-state index in [0.717, 1.165) is 11.1 Å². The molecule has 0 bridgehead atoms. The van der Waals surface area contributed by atoms with E-state index in [1.165, 1.54) is 0 Å². The first-order valence-electron chi connectivity index (χ1n) is 10.8. The average molecular weight is 485 g/mol. The van der Waals surface area contributed by atoms with Crippen LogP contribution >= 0.6 is 0 Å². The summed E-state index contributed by atoms with van der Waals surface area (Å²) >= 11 is 0. The van der Waals surface area contributed by atoms with E-state index in [2.05, 4.69) is 16.0 Å². The van der Waals surface area contributed by atoms with Gasteiger partial charge in [0.25, 0.3) is 0 Å². The van der Waals surface area contributed by atoms with Crippen LogP contribution in [-0.4, -0.2) is 54.1 Å². The Morgan fingerprint density at radius 3 is 1.91 bits per heavy atom. The van der Waals surface area contributed by atoms with Gasteiger partial charge in [-0.15, -0.1) is 0 Å². The maximum atomic E-state index is 12.6. The first kappa shape index (κ1) is 26.8. The minimum Gasteiger partial charge on any atom is -0.480 e. The Labute approximate surface area is 201 Å². The number of ether oxygens (including phenoxy) is 2. The zero-order valence-electron chi connectivity index (χ0n) is 18.9. The van der Waals surface area contributed by atoms with Crippen LogP contribution in [0.25, 0.3) is 0 Å². The fourth-order valence-corrected chi connectivity index (χ4v) is 2.78. The fraction of sp³-hybridized carbons (Fsp3) is 0.292. The highest BCUT2D eigenvalue weighted by molar-refractivity contribution is 5.90. The Bertz CT molecular complexity index is 998. The van der Waals surface area contributed by atoms with Crippen molar-refractivity contribution in [2.24, 2.45) is 0 Å². The number of benzene rings is 2. The quantitative estimate of drug-likeness (QED) is 0.307. The summed E-state index contributed by atoms with van der Waals surface area (Å²) in [5.74, 6) is -3.29. The van der Waals surface area contributed by atoms with Crippen molar-refractivity contribution in [2.45, 2.75) is 32.1 Å².